The first-order valence-electron chi connectivity index (χ1n) is 7.21. The molecule has 1 amide bonds. The zero-order chi connectivity index (χ0) is 14.1. The summed E-state index contributed by atoms with van der Waals surface area (Å²) < 4.78 is 5.68. The van der Waals surface area contributed by atoms with Crippen LogP contribution in [0.3, 0.4) is 0 Å². The molecule has 0 aliphatic carbocycles. The molecule has 5 heteroatoms. The van der Waals surface area contributed by atoms with Crippen molar-refractivity contribution in [3.05, 3.63) is 17.7 Å². The van der Waals surface area contributed by atoms with Crippen LogP contribution in [0.15, 0.2) is 12.1 Å². The summed E-state index contributed by atoms with van der Waals surface area (Å²) in [7, 11) is 0. The molecule has 1 saturated heterocycles. The highest BCUT2D eigenvalue weighted by Gasteiger charge is 2.24. The second-order valence-electron chi connectivity index (χ2n) is 5.65. The van der Waals surface area contributed by atoms with E-state index in [1.54, 1.807) is 0 Å². The normalized spacial score (nSPS) is 18.6. The van der Waals surface area contributed by atoms with Crippen molar-refractivity contribution in [2.45, 2.75) is 19.8 Å². The lowest BCUT2D eigenvalue weighted by atomic mass is 10.00. The number of benzene rings is 1. The maximum atomic E-state index is 11.5. The molecule has 2 N–H and O–H groups in total. The molecule has 0 spiro atoms. The van der Waals surface area contributed by atoms with Crippen LogP contribution < -0.4 is 20.3 Å². The lowest BCUT2D eigenvalue weighted by molar-refractivity contribution is -0.118. The van der Waals surface area contributed by atoms with Crippen molar-refractivity contribution in [3.8, 4) is 5.75 Å². The third-order valence-corrected chi connectivity index (χ3v) is 3.84. The van der Waals surface area contributed by atoms with Crippen molar-refractivity contribution in [3.63, 3.8) is 0 Å². The van der Waals surface area contributed by atoms with Gasteiger partial charge in [0.1, 0.15) is 0 Å². The van der Waals surface area contributed by atoms with Crippen LogP contribution in [-0.2, 0) is 4.79 Å². The summed E-state index contributed by atoms with van der Waals surface area (Å²) in [6.45, 7) is 8.31. The minimum absolute atomic E-state index is 0.0790. The van der Waals surface area contributed by atoms with Crippen LogP contribution in [-0.4, -0.2) is 38.7 Å². The second-order valence-corrected chi connectivity index (χ2v) is 5.65. The molecule has 0 radical (unpaired) electrons. The molecule has 2 heterocycles. The van der Waals surface area contributed by atoms with Gasteiger partial charge in [0.05, 0.1) is 11.4 Å². The van der Waals surface area contributed by atoms with Crippen LogP contribution in [0, 0.1) is 0 Å². The Kier molecular flexibility index (Phi) is 3.53. The predicted molar refractivity (Wildman–Crippen MR) is 79.7 cm³/mol. The van der Waals surface area contributed by atoms with Crippen molar-refractivity contribution in [2.75, 3.05) is 43.0 Å². The van der Waals surface area contributed by atoms with Crippen LogP contribution in [0.25, 0.3) is 0 Å². The van der Waals surface area contributed by atoms with E-state index in [4.69, 9.17) is 4.74 Å². The van der Waals surface area contributed by atoms with E-state index >= 15 is 0 Å². The summed E-state index contributed by atoms with van der Waals surface area (Å²) in [6, 6.07) is 4.23. The van der Waals surface area contributed by atoms with Crippen molar-refractivity contribution < 1.29 is 9.53 Å². The minimum Gasteiger partial charge on any atom is -0.479 e. The molecule has 0 aromatic heterocycles. The number of hydrogen-bond donors (Lipinski definition) is 2. The second kappa shape index (κ2) is 5.32. The molecule has 5 nitrogen and oxygen atoms in total. The van der Waals surface area contributed by atoms with Crippen molar-refractivity contribution in [1.29, 1.82) is 0 Å². The molecule has 1 fully saturated rings. The summed E-state index contributed by atoms with van der Waals surface area (Å²) in [4.78, 5) is 13.9. The van der Waals surface area contributed by atoms with Crippen molar-refractivity contribution in [1.82, 2.24) is 5.32 Å². The fraction of sp³-hybridized carbons (Fsp3) is 0.533. The monoisotopic (exact) mass is 275 g/mol. The van der Waals surface area contributed by atoms with E-state index in [1.165, 1.54) is 5.56 Å². The Bertz CT molecular complexity index is 522. The molecule has 1 aromatic carbocycles. The van der Waals surface area contributed by atoms with Gasteiger partial charge in [-0.2, -0.15) is 0 Å². The SMILES string of the molecule is CC(C)c1cc2c(c(N3CCNCC3)c1)OCC(=O)N2. The van der Waals surface area contributed by atoms with E-state index in [2.05, 4.69) is 35.4 Å². The highest BCUT2D eigenvalue weighted by atomic mass is 16.5. The van der Waals surface area contributed by atoms with Gasteiger partial charge in [0.25, 0.3) is 5.91 Å². The fourth-order valence-electron chi connectivity index (χ4n) is 2.68. The smallest absolute Gasteiger partial charge is 0.262 e. The molecule has 3 rings (SSSR count). The number of carbonyl (C=O) groups excluding carboxylic acids is 1. The number of anilines is 2. The average Bonchev–Trinajstić information content (AvgIpc) is 2.46. The minimum atomic E-state index is -0.0790. The third kappa shape index (κ3) is 2.45. The van der Waals surface area contributed by atoms with E-state index in [-0.39, 0.29) is 12.5 Å². The molecular formula is C15H21N3O2. The van der Waals surface area contributed by atoms with E-state index in [0.29, 0.717) is 5.92 Å². The highest BCUT2D eigenvalue weighted by Crippen LogP contribution is 2.41. The zero-order valence-electron chi connectivity index (χ0n) is 12.0. The highest BCUT2D eigenvalue weighted by molar-refractivity contribution is 5.97. The van der Waals surface area contributed by atoms with E-state index < -0.39 is 0 Å². The van der Waals surface area contributed by atoms with Gasteiger partial charge in [-0.15, -0.1) is 0 Å². The number of hydrogen-bond acceptors (Lipinski definition) is 4. The molecule has 108 valence electrons. The summed E-state index contributed by atoms with van der Waals surface area (Å²) >= 11 is 0. The Labute approximate surface area is 119 Å². The Morgan fingerprint density at radius 2 is 2.00 bits per heavy atom. The van der Waals surface area contributed by atoms with Crippen LogP contribution in [0.5, 0.6) is 5.75 Å². The Balaban J connectivity index is 2.04. The lowest BCUT2D eigenvalue weighted by Gasteiger charge is -2.33. The Hall–Kier alpha value is -1.75. The van der Waals surface area contributed by atoms with Gasteiger partial charge in [-0.3, -0.25) is 4.79 Å². The standard InChI is InChI=1S/C15H21N3O2/c1-10(2)11-7-12-15(20-9-14(19)17-12)13(8-11)18-5-3-16-4-6-18/h7-8,10,16H,3-6,9H2,1-2H3,(H,17,19). The number of fused-ring (bicyclic) bond motifs is 1. The molecule has 0 bridgehead atoms. The Morgan fingerprint density at radius 1 is 1.25 bits per heavy atom. The zero-order valence-corrected chi connectivity index (χ0v) is 12.0. The van der Waals surface area contributed by atoms with Crippen molar-refractivity contribution in [2.24, 2.45) is 0 Å². The largest absolute Gasteiger partial charge is 0.479 e. The average molecular weight is 275 g/mol. The number of piperazine rings is 1. The number of ether oxygens (including phenoxy) is 1. The summed E-state index contributed by atoms with van der Waals surface area (Å²) in [5.74, 6) is 1.15. The summed E-state index contributed by atoms with van der Waals surface area (Å²) in [6.07, 6.45) is 0. The topological polar surface area (TPSA) is 53.6 Å². The van der Waals surface area contributed by atoms with Crippen LogP contribution in [0.4, 0.5) is 11.4 Å². The van der Waals surface area contributed by atoms with E-state index in [9.17, 15) is 4.79 Å². The quantitative estimate of drug-likeness (QED) is 0.860. The maximum Gasteiger partial charge on any atom is 0.262 e. The predicted octanol–water partition coefficient (Wildman–Crippen LogP) is 1.55. The van der Waals surface area contributed by atoms with Gasteiger partial charge in [-0.1, -0.05) is 13.8 Å². The first kappa shape index (κ1) is 13.2. The van der Waals surface area contributed by atoms with Gasteiger partial charge < -0.3 is 20.3 Å². The molecule has 0 unspecified atom stereocenters. The lowest BCUT2D eigenvalue weighted by Crippen LogP contribution is -2.44. The van der Waals surface area contributed by atoms with E-state index in [1.807, 2.05) is 6.07 Å². The van der Waals surface area contributed by atoms with Gasteiger partial charge in [0, 0.05) is 26.2 Å². The number of nitrogens with zero attached hydrogens (tertiary/aromatic N) is 1. The van der Waals surface area contributed by atoms with Crippen molar-refractivity contribution >= 4 is 17.3 Å². The van der Waals surface area contributed by atoms with Gasteiger partial charge >= 0.3 is 0 Å². The number of rotatable bonds is 2. The number of nitrogens with one attached hydrogen (secondary N) is 2. The summed E-state index contributed by atoms with van der Waals surface area (Å²) in [5.41, 5.74) is 3.14. The van der Waals surface area contributed by atoms with Crippen LogP contribution >= 0.6 is 0 Å². The molecular weight excluding hydrogens is 254 g/mol. The van der Waals surface area contributed by atoms with E-state index in [0.717, 1.165) is 43.3 Å². The van der Waals surface area contributed by atoms with Gasteiger partial charge in [0.2, 0.25) is 0 Å². The van der Waals surface area contributed by atoms with Gasteiger partial charge in [-0.05, 0) is 23.6 Å². The van der Waals surface area contributed by atoms with Gasteiger partial charge in [0.15, 0.2) is 12.4 Å². The molecule has 0 atom stereocenters. The molecule has 2 aliphatic rings. The Morgan fingerprint density at radius 3 is 2.70 bits per heavy atom. The first-order chi connectivity index (χ1) is 9.65. The number of carbonyl (C=O) groups is 1. The maximum absolute atomic E-state index is 11.5. The molecule has 1 aromatic rings. The fourth-order valence-corrected chi connectivity index (χ4v) is 2.68. The van der Waals surface area contributed by atoms with Crippen LogP contribution in [0.2, 0.25) is 0 Å². The first-order valence-corrected chi connectivity index (χ1v) is 7.21. The number of amides is 1. The molecule has 0 saturated carbocycles. The summed E-state index contributed by atoms with van der Waals surface area (Å²) in [5, 5.41) is 6.29. The van der Waals surface area contributed by atoms with Gasteiger partial charge in [-0.25, -0.2) is 0 Å². The molecule has 20 heavy (non-hydrogen) atoms. The molecule has 2 aliphatic heterocycles. The van der Waals surface area contributed by atoms with Crippen LogP contribution in [0.1, 0.15) is 25.3 Å². The third-order valence-electron chi connectivity index (χ3n) is 3.84.